The Labute approximate surface area is 84.2 Å². The Bertz CT molecular complexity index is 225. The molecule has 1 aliphatic rings. The topological polar surface area (TPSA) is 29.1 Å². The number of halogens is 3. The van der Waals surface area contributed by atoms with Crippen LogP contribution in [0.2, 0.25) is 0 Å². The highest BCUT2D eigenvalue weighted by atomic mass is 79.9. The lowest BCUT2D eigenvalue weighted by molar-refractivity contribution is -0.134. The molecule has 1 amide bonds. The number of alkyl halides is 3. The Kier molecular flexibility index (Phi) is 2.67. The number of carbonyl (C=O) groups is 1. The van der Waals surface area contributed by atoms with Gasteiger partial charge in [0.05, 0.1) is 0 Å². The first-order valence-electron chi connectivity index (χ1n) is 4.08. The van der Waals surface area contributed by atoms with Gasteiger partial charge in [-0.05, 0) is 17.8 Å². The smallest absolute Gasteiger partial charge is 0.350 e. The van der Waals surface area contributed by atoms with Crippen LogP contribution in [0.15, 0.2) is 0 Å². The van der Waals surface area contributed by atoms with Gasteiger partial charge < -0.3 is 5.32 Å². The minimum atomic E-state index is -3.44. The molecule has 1 unspecified atom stereocenters. The predicted octanol–water partition coefficient (Wildman–Crippen LogP) is 2.14. The molecule has 0 aromatic carbocycles. The fourth-order valence-electron chi connectivity index (χ4n) is 1.24. The minimum Gasteiger partial charge on any atom is -0.350 e. The van der Waals surface area contributed by atoms with Gasteiger partial charge in [-0.25, -0.2) is 0 Å². The van der Waals surface area contributed by atoms with E-state index >= 15 is 0 Å². The molecule has 13 heavy (non-hydrogen) atoms. The van der Waals surface area contributed by atoms with Crippen molar-refractivity contribution in [3.05, 3.63) is 0 Å². The second-order valence-corrected chi connectivity index (χ2v) is 5.09. The molecule has 1 fully saturated rings. The largest absolute Gasteiger partial charge is 0.377 e. The van der Waals surface area contributed by atoms with E-state index in [1.54, 1.807) is 0 Å². The molecule has 1 rings (SSSR count). The fourth-order valence-corrected chi connectivity index (χ4v) is 1.38. The van der Waals surface area contributed by atoms with Gasteiger partial charge in [-0.15, -0.1) is 0 Å². The van der Waals surface area contributed by atoms with Crippen LogP contribution in [0.25, 0.3) is 0 Å². The van der Waals surface area contributed by atoms with E-state index in [4.69, 9.17) is 0 Å². The van der Waals surface area contributed by atoms with Crippen molar-refractivity contribution >= 4 is 21.8 Å². The van der Waals surface area contributed by atoms with Crippen molar-refractivity contribution in [1.82, 2.24) is 5.32 Å². The third-order valence-electron chi connectivity index (χ3n) is 2.48. The maximum Gasteiger partial charge on any atom is 0.377 e. The molecule has 0 aromatic heterocycles. The van der Waals surface area contributed by atoms with Gasteiger partial charge in [0.1, 0.15) is 0 Å². The van der Waals surface area contributed by atoms with Crippen LogP contribution in [0, 0.1) is 11.3 Å². The van der Waals surface area contributed by atoms with E-state index in [1.165, 1.54) is 0 Å². The highest BCUT2D eigenvalue weighted by molar-refractivity contribution is 9.10. The second-order valence-electron chi connectivity index (χ2n) is 4.10. The van der Waals surface area contributed by atoms with Crippen LogP contribution in [-0.4, -0.2) is 17.3 Å². The van der Waals surface area contributed by atoms with Crippen LogP contribution >= 0.6 is 15.9 Å². The van der Waals surface area contributed by atoms with E-state index in [1.807, 2.05) is 15.9 Å². The maximum atomic E-state index is 12.3. The average Bonchev–Trinajstić information content (AvgIpc) is 2.52. The molecule has 0 aliphatic heterocycles. The van der Waals surface area contributed by atoms with Gasteiger partial charge in [0.25, 0.3) is 0 Å². The monoisotopic (exact) mass is 255 g/mol. The van der Waals surface area contributed by atoms with Gasteiger partial charge >= 0.3 is 10.7 Å². The number of amides is 1. The van der Waals surface area contributed by atoms with Crippen molar-refractivity contribution < 1.29 is 13.6 Å². The molecule has 1 saturated carbocycles. The zero-order valence-electron chi connectivity index (χ0n) is 7.53. The SMILES string of the molecule is CC1(C)CC1CNC(=O)C(F)(F)Br. The molecule has 1 atom stereocenters. The Morgan fingerprint density at radius 2 is 2.15 bits per heavy atom. The van der Waals surface area contributed by atoms with Crippen molar-refractivity contribution in [2.75, 3.05) is 6.54 Å². The molecular weight excluding hydrogens is 244 g/mol. The Morgan fingerprint density at radius 3 is 2.46 bits per heavy atom. The van der Waals surface area contributed by atoms with E-state index in [9.17, 15) is 13.6 Å². The molecule has 1 N–H and O–H groups in total. The molecule has 76 valence electrons. The van der Waals surface area contributed by atoms with Crippen molar-refractivity contribution in [1.29, 1.82) is 0 Å². The van der Waals surface area contributed by atoms with Gasteiger partial charge in [-0.3, -0.25) is 4.79 Å². The highest BCUT2D eigenvalue weighted by Gasteiger charge is 2.46. The van der Waals surface area contributed by atoms with Crippen molar-refractivity contribution in [3.8, 4) is 0 Å². The highest BCUT2D eigenvalue weighted by Crippen LogP contribution is 2.51. The lowest BCUT2D eigenvalue weighted by Crippen LogP contribution is -2.37. The second kappa shape index (κ2) is 3.19. The normalized spacial score (nSPS) is 25.5. The summed E-state index contributed by atoms with van der Waals surface area (Å²) < 4.78 is 24.6. The van der Waals surface area contributed by atoms with E-state index in [-0.39, 0.29) is 5.41 Å². The van der Waals surface area contributed by atoms with Crippen LogP contribution < -0.4 is 5.32 Å². The fraction of sp³-hybridized carbons (Fsp3) is 0.875. The van der Waals surface area contributed by atoms with Gasteiger partial charge in [0.2, 0.25) is 0 Å². The first-order valence-corrected chi connectivity index (χ1v) is 4.88. The number of hydrogen-bond donors (Lipinski definition) is 1. The van der Waals surface area contributed by atoms with Crippen LogP contribution in [0.3, 0.4) is 0 Å². The summed E-state index contributed by atoms with van der Waals surface area (Å²) in [6.45, 7) is 4.44. The standard InChI is InChI=1S/C8H12BrF2NO/c1-7(2)3-5(7)4-12-6(13)8(9,10)11/h5H,3-4H2,1-2H3,(H,12,13). The number of nitrogens with one attached hydrogen (secondary N) is 1. The first kappa shape index (κ1) is 10.9. The minimum absolute atomic E-state index is 0.203. The van der Waals surface area contributed by atoms with Crippen molar-refractivity contribution in [2.24, 2.45) is 11.3 Å². The molecule has 0 aromatic rings. The van der Waals surface area contributed by atoms with E-state index in [0.717, 1.165) is 6.42 Å². The lowest BCUT2D eigenvalue weighted by Gasteiger charge is -2.09. The Balaban J connectivity index is 2.25. The molecule has 1 aliphatic carbocycles. The summed E-state index contributed by atoms with van der Waals surface area (Å²) in [5, 5.41) is 2.20. The zero-order chi connectivity index (χ0) is 10.3. The van der Waals surface area contributed by atoms with Crippen LogP contribution in [0.1, 0.15) is 20.3 Å². The summed E-state index contributed by atoms with van der Waals surface area (Å²) in [6.07, 6.45) is 0.987. The summed E-state index contributed by atoms with van der Waals surface area (Å²) in [5.74, 6) is -0.915. The molecule has 0 saturated heterocycles. The first-order chi connectivity index (χ1) is 5.73. The van der Waals surface area contributed by atoms with Crippen molar-refractivity contribution in [2.45, 2.75) is 25.1 Å². The van der Waals surface area contributed by atoms with Gasteiger partial charge in [0, 0.05) is 22.5 Å². The summed E-state index contributed by atoms with van der Waals surface area (Å²) >= 11 is 2.00. The molecule has 5 heteroatoms. The van der Waals surface area contributed by atoms with Crippen molar-refractivity contribution in [3.63, 3.8) is 0 Å². The summed E-state index contributed by atoms with van der Waals surface area (Å²) in [6, 6.07) is 0. The molecule has 0 spiro atoms. The summed E-state index contributed by atoms with van der Waals surface area (Å²) in [4.78, 5) is 7.26. The van der Waals surface area contributed by atoms with Gasteiger partial charge in [-0.1, -0.05) is 13.8 Å². The van der Waals surface area contributed by atoms with Gasteiger partial charge in [-0.2, -0.15) is 8.78 Å². The third-order valence-corrected chi connectivity index (χ3v) is 2.84. The van der Waals surface area contributed by atoms with Crippen LogP contribution in [-0.2, 0) is 4.79 Å². The van der Waals surface area contributed by atoms with Crippen LogP contribution in [0.5, 0.6) is 0 Å². The number of carbonyl (C=O) groups excluding carboxylic acids is 1. The Morgan fingerprint density at radius 1 is 1.69 bits per heavy atom. The number of rotatable bonds is 3. The molecule has 0 heterocycles. The Hall–Kier alpha value is -0.190. The number of hydrogen-bond acceptors (Lipinski definition) is 1. The maximum absolute atomic E-state index is 12.3. The molecule has 0 radical (unpaired) electrons. The summed E-state index contributed by atoms with van der Waals surface area (Å²) in [5.41, 5.74) is 0.203. The predicted molar refractivity (Wildman–Crippen MR) is 48.8 cm³/mol. The third kappa shape index (κ3) is 2.90. The molecule has 0 bridgehead atoms. The van der Waals surface area contributed by atoms with E-state index in [0.29, 0.717) is 12.5 Å². The summed E-state index contributed by atoms with van der Waals surface area (Å²) in [7, 11) is 0. The van der Waals surface area contributed by atoms with Gasteiger partial charge in [0.15, 0.2) is 0 Å². The molecular formula is C8H12BrF2NO. The average molecular weight is 256 g/mol. The van der Waals surface area contributed by atoms with Crippen LogP contribution in [0.4, 0.5) is 8.78 Å². The quantitative estimate of drug-likeness (QED) is 0.770. The lowest BCUT2D eigenvalue weighted by atomic mass is 10.1. The van der Waals surface area contributed by atoms with E-state index < -0.39 is 10.7 Å². The van der Waals surface area contributed by atoms with E-state index in [2.05, 4.69) is 19.2 Å². The zero-order valence-corrected chi connectivity index (χ0v) is 9.12. The molecule has 2 nitrogen and oxygen atoms in total.